The minimum atomic E-state index is -3.60. The third-order valence-corrected chi connectivity index (χ3v) is 4.72. The maximum absolute atomic E-state index is 11.9. The molecule has 122 valence electrons. The number of rotatable bonds is 7. The van der Waals surface area contributed by atoms with Gasteiger partial charge in [-0.1, -0.05) is 41.9 Å². The molecule has 0 aromatic heterocycles. The van der Waals surface area contributed by atoms with Gasteiger partial charge in [-0.25, -0.2) is 13.1 Å². The summed E-state index contributed by atoms with van der Waals surface area (Å²) in [7, 11) is -3.60. The number of sulfonamides is 1. The Morgan fingerprint density at radius 2 is 1.70 bits per heavy atom. The Hall–Kier alpha value is -1.89. The molecule has 5 nitrogen and oxygen atoms in total. The van der Waals surface area contributed by atoms with Crippen LogP contribution in [0.3, 0.4) is 0 Å². The summed E-state index contributed by atoms with van der Waals surface area (Å²) in [4.78, 5) is 11.8. The van der Waals surface area contributed by atoms with E-state index in [2.05, 4.69) is 4.72 Å². The third-order valence-electron chi connectivity index (χ3n) is 2.99. The van der Waals surface area contributed by atoms with E-state index >= 15 is 0 Å². The summed E-state index contributed by atoms with van der Waals surface area (Å²) in [5.74, 6) is -0.476. The largest absolute Gasteiger partial charge is 0.461 e. The number of hydrogen-bond donors (Lipinski definition) is 1. The van der Waals surface area contributed by atoms with Crippen LogP contribution in [0.25, 0.3) is 0 Å². The Kier molecular flexibility index (Phi) is 6.15. The van der Waals surface area contributed by atoms with E-state index in [0.717, 1.165) is 5.56 Å². The van der Waals surface area contributed by atoms with Gasteiger partial charge in [-0.3, -0.25) is 4.79 Å². The van der Waals surface area contributed by atoms with E-state index in [1.807, 2.05) is 0 Å². The lowest BCUT2D eigenvalue weighted by Crippen LogP contribution is -2.26. The topological polar surface area (TPSA) is 72.5 Å². The van der Waals surface area contributed by atoms with Crippen molar-refractivity contribution in [3.8, 4) is 0 Å². The van der Waals surface area contributed by atoms with Gasteiger partial charge in [0.1, 0.15) is 6.61 Å². The predicted octanol–water partition coefficient (Wildman–Crippen LogP) is 2.75. The highest BCUT2D eigenvalue weighted by Gasteiger charge is 2.13. The van der Waals surface area contributed by atoms with Crippen molar-refractivity contribution in [2.45, 2.75) is 17.9 Å². The van der Waals surface area contributed by atoms with Crippen LogP contribution in [-0.2, 0) is 26.2 Å². The molecule has 0 aliphatic carbocycles. The maximum Gasteiger partial charge on any atom is 0.307 e. The molecule has 0 saturated heterocycles. The SMILES string of the molecule is O=C(CCNS(=O)(=O)c1ccccc1)OCc1ccc(Cl)cc1. The average Bonchev–Trinajstić information content (AvgIpc) is 2.55. The molecule has 2 aromatic carbocycles. The molecule has 23 heavy (non-hydrogen) atoms. The Morgan fingerprint density at radius 3 is 2.35 bits per heavy atom. The van der Waals surface area contributed by atoms with E-state index in [-0.39, 0.29) is 24.5 Å². The highest BCUT2D eigenvalue weighted by Crippen LogP contribution is 2.10. The molecule has 2 rings (SSSR count). The van der Waals surface area contributed by atoms with Crippen molar-refractivity contribution in [2.75, 3.05) is 6.54 Å². The van der Waals surface area contributed by atoms with Gasteiger partial charge >= 0.3 is 5.97 Å². The third kappa shape index (κ3) is 5.67. The van der Waals surface area contributed by atoms with Crippen LogP contribution in [0.4, 0.5) is 0 Å². The van der Waals surface area contributed by atoms with E-state index < -0.39 is 16.0 Å². The van der Waals surface area contributed by atoms with E-state index in [4.69, 9.17) is 16.3 Å². The molecule has 0 spiro atoms. The number of carbonyl (C=O) groups is 1. The smallest absolute Gasteiger partial charge is 0.307 e. The van der Waals surface area contributed by atoms with Crippen LogP contribution < -0.4 is 4.72 Å². The lowest BCUT2D eigenvalue weighted by molar-refractivity contribution is -0.144. The summed E-state index contributed by atoms with van der Waals surface area (Å²) in [5, 5.41) is 0.607. The van der Waals surface area contributed by atoms with E-state index in [1.54, 1.807) is 42.5 Å². The first kappa shape index (κ1) is 17.5. The van der Waals surface area contributed by atoms with Crippen LogP contribution in [0.5, 0.6) is 0 Å². The lowest BCUT2D eigenvalue weighted by Gasteiger charge is -2.07. The van der Waals surface area contributed by atoms with Crippen molar-refractivity contribution < 1.29 is 17.9 Å². The van der Waals surface area contributed by atoms with Crippen molar-refractivity contribution >= 4 is 27.6 Å². The predicted molar refractivity (Wildman–Crippen MR) is 87.5 cm³/mol. The second-order valence-electron chi connectivity index (χ2n) is 4.75. The normalized spacial score (nSPS) is 11.2. The number of benzene rings is 2. The van der Waals surface area contributed by atoms with E-state index in [0.29, 0.717) is 5.02 Å². The van der Waals surface area contributed by atoms with Gasteiger partial charge in [-0.2, -0.15) is 0 Å². The van der Waals surface area contributed by atoms with Gasteiger partial charge in [0.05, 0.1) is 11.3 Å². The van der Waals surface area contributed by atoms with Gasteiger partial charge in [-0.05, 0) is 29.8 Å². The Labute approximate surface area is 140 Å². The van der Waals surface area contributed by atoms with Crippen molar-refractivity contribution in [2.24, 2.45) is 0 Å². The average molecular weight is 354 g/mol. The summed E-state index contributed by atoms with van der Waals surface area (Å²) in [6, 6.07) is 14.9. The van der Waals surface area contributed by atoms with Crippen LogP contribution in [0.15, 0.2) is 59.5 Å². The molecule has 7 heteroatoms. The Bertz CT molecular complexity index is 745. The molecule has 0 atom stereocenters. The van der Waals surface area contributed by atoms with Gasteiger partial charge in [0.2, 0.25) is 10.0 Å². The summed E-state index contributed by atoms with van der Waals surface area (Å²) < 4.78 is 31.3. The summed E-state index contributed by atoms with van der Waals surface area (Å²) in [6.07, 6.45) is -0.0420. The summed E-state index contributed by atoms with van der Waals surface area (Å²) in [6.45, 7) is 0.109. The Morgan fingerprint density at radius 1 is 1.04 bits per heavy atom. The first-order chi connectivity index (χ1) is 11.0. The molecule has 0 heterocycles. The zero-order valence-electron chi connectivity index (χ0n) is 12.2. The van der Waals surface area contributed by atoms with Crippen LogP contribution in [0.2, 0.25) is 5.02 Å². The molecule has 0 aliphatic rings. The summed E-state index contributed by atoms with van der Waals surface area (Å²) in [5.41, 5.74) is 0.813. The molecule has 0 unspecified atom stereocenters. The van der Waals surface area contributed by atoms with Gasteiger partial charge in [-0.15, -0.1) is 0 Å². The van der Waals surface area contributed by atoms with Gasteiger partial charge in [0.25, 0.3) is 0 Å². The van der Waals surface area contributed by atoms with Gasteiger partial charge in [0.15, 0.2) is 0 Å². The molecule has 0 aliphatic heterocycles. The first-order valence-electron chi connectivity index (χ1n) is 6.92. The fourth-order valence-electron chi connectivity index (χ4n) is 1.79. The quantitative estimate of drug-likeness (QED) is 0.777. The van der Waals surface area contributed by atoms with Crippen molar-refractivity contribution in [1.82, 2.24) is 4.72 Å². The minimum absolute atomic E-state index is 0.0172. The van der Waals surface area contributed by atoms with Gasteiger partial charge in [0, 0.05) is 11.6 Å². The fraction of sp³-hybridized carbons (Fsp3) is 0.188. The molecule has 0 saturated carbocycles. The molecule has 0 amide bonds. The van der Waals surface area contributed by atoms with E-state index in [1.165, 1.54) is 12.1 Å². The molecular formula is C16H16ClNO4S. The number of carbonyl (C=O) groups excluding carboxylic acids is 1. The van der Waals surface area contributed by atoms with Crippen molar-refractivity contribution in [3.63, 3.8) is 0 Å². The zero-order valence-corrected chi connectivity index (χ0v) is 13.8. The van der Waals surface area contributed by atoms with Crippen LogP contribution in [0.1, 0.15) is 12.0 Å². The van der Waals surface area contributed by atoms with Crippen molar-refractivity contribution in [1.29, 1.82) is 0 Å². The molecular weight excluding hydrogens is 338 g/mol. The van der Waals surface area contributed by atoms with Gasteiger partial charge < -0.3 is 4.74 Å². The molecule has 0 radical (unpaired) electrons. The molecule has 0 bridgehead atoms. The zero-order chi connectivity index (χ0) is 16.7. The first-order valence-corrected chi connectivity index (χ1v) is 8.78. The monoisotopic (exact) mass is 353 g/mol. The summed E-state index contributed by atoms with van der Waals surface area (Å²) >= 11 is 5.76. The molecule has 2 aromatic rings. The number of esters is 1. The fourth-order valence-corrected chi connectivity index (χ4v) is 2.97. The highest BCUT2D eigenvalue weighted by atomic mass is 35.5. The van der Waals surface area contributed by atoms with Crippen LogP contribution in [0, 0.1) is 0 Å². The second kappa shape index (κ2) is 8.10. The van der Waals surface area contributed by atoms with Crippen LogP contribution in [-0.4, -0.2) is 20.9 Å². The minimum Gasteiger partial charge on any atom is -0.461 e. The molecule has 0 fully saturated rings. The maximum atomic E-state index is 11.9. The highest BCUT2D eigenvalue weighted by molar-refractivity contribution is 7.89. The number of nitrogens with one attached hydrogen (secondary N) is 1. The van der Waals surface area contributed by atoms with E-state index in [9.17, 15) is 13.2 Å². The number of hydrogen-bond acceptors (Lipinski definition) is 4. The number of ether oxygens (including phenoxy) is 1. The number of halogens is 1. The standard InChI is InChI=1S/C16H16ClNO4S/c17-14-8-6-13(7-9-14)12-22-16(19)10-11-18-23(20,21)15-4-2-1-3-5-15/h1-9,18H,10-12H2. The lowest BCUT2D eigenvalue weighted by atomic mass is 10.2. The van der Waals surface area contributed by atoms with Crippen LogP contribution >= 0.6 is 11.6 Å². The van der Waals surface area contributed by atoms with Crippen molar-refractivity contribution in [3.05, 3.63) is 65.2 Å². The molecule has 1 N–H and O–H groups in total. The Balaban J connectivity index is 1.75. The second-order valence-corrected chi connectivity index (χ2v) is 6.95.